The molecular weight excluding hydrogens is 386 g/mol. The first-order valence-electron chi connectivity index (χ1n) is 8.35. The van der Waals surface area contributed by atoms with Crippen LogP contribution in [0.2, 0.25) is 0 Å². The van der Waals surface area contributed by atoms with Crippen molar-refractivity contribution in [1.82, 2.24) is 10.3 Å². The number of aromatic nitrogens is 1. The molecule has 0 spiro atoms. The number of benzene rings is 1. The zero-order chi connectivity index (χ0) is 20.5. The van der Waals surface area contributed by atoms with Crippen LogP contribution >= 0.6 is 11.3 Å². The lowest BCUT2D eigenvalue weighted by molar-refractivity contribution is -0.137. The summed E-state index contributed by atoms with van der Waals surface area (Å²) in [5.74, 6) is -1.24. The van der Waals surface area contributed by atoms with Crippen molar-refractivity contribution in [3.05, 3.63) is 29.3 Å². The van der Waals surface area contributed by atoms with Crippen LogP contribution in [0.25, 0.3) is 10.6 Å². The van der Waals surface area contributed by atoms with Gasteiger partial charge in [-0.2, -0.15) is 0 Å². The minimum atomic E-state index is -1.11. The molecule has 0 saturated heterocycles. The summed E-state index contributed by atoms with van der Waals surface area (Å²) in [6.45, 7) is 1.74. The highest BCUT2D eigenvalue weighted by atomic mass is 32.1. The van der Waals surface area contributed by atoms with Crippen LogP contribution in [0, 0.1) is 0 Å². The summed E-state index contributed by atoms with van der Waals surface area (Å²) in [4.78, 5) is 38.1. The Kier molecular flexibility index (Phi) is 7.90. The molecule has 0 unspecified atom stereocenters. The standard InChI is InChI=1S/C18H21N3O6S/c1-11(22)20-14-7-12(3-4-15(14)27-6-5-26-2)18-21-13(10-28-18)8-16(23)19-9-17(24)25/h3-4,7,10H,5-6,8-9H2,1-2H3,(H,19,23)(H,20,22)(H,24,25). The molecule has 3 N–H and O–H groups in total. The van der Waals surface area contributed by atoms with Crippen molar-refractivity contribution in [3.8, 4) is 16.3 Å². The highest BCUT2D eigenvalue weighted by molar-refractivity contribution is 7.13. The van der Waals surface area contributed by atoms with E-state index in [1.54, 1.807) is 30.7 Å². The average Bonchev–Trinajstić information content (AvgIpc) is 3.09. The minimum Gasteiger partial charge on any atom is -0.489 e. The molecule has 0 aliphatic rings. The van der Waals surface area contributed by atoms with Crippen LogP contribution in [0.3, 0.4) is 0 Å². The van der Waals surface area contributed by atoms with Gasteiger partial charge < -0.3 is 25.2 Å². The molecule has 0 aliphatic heterocycles. The van der Waals surface area contributed by atoms with Crippen molar-refractivity contribution in [1.29, 1.82) is 0 Å². The van der Waals surface area contributed by atoms with Gasteiger partial charge in [0.15, 0.2) is 0 Å². The van der Waals surface area contributed by atoms with Gasteiger partial charge in [-0.05, 0) is 18.2 Å². The molecule has 1 heterocycles. The number of nitrogens with one attached hydrogen (secondary N) is 2. The number of carboxylic acids is 1. The third kappa shape index (κ3) is 6.63. The minimum absolute atomic E-state index is 0.0133. The summed E-state index contributed by atoms with van der Waals surface area (Å²) in [5, 5.41) is 16.0. The number of thiazole rings is 1. The maximum atomic E-state index is 11.7. The number of ether oxygens (including phenoxy) is 2. The van der Waals surface area contributed by atoms with Crippen molar-refractivity contribution in [2.75, 3.05) is 32.2 Å². The summed E-state index contributed by atoms with van der Waals surface area (Å²) < 4.78 is 10.6. The molecule has 150 valence electrons. The molecule has 2 amide bonds. The van der Waals surface area contributed by atoms with E-state index in [0.29, 0.717) is 35.4 Å². The molecular formula is C18H21N3O6S. The van der Waals surface area contributed by atoms with Crippen LogP contribution in [-0.4, -0.2) is 54.7 Å². The second kappa shape index (κ2) is 10.4. The first-order valence-corrected chi connectivity index (χ1v) is 9.23. The third-order valence-electron chi connectivity index (χ3n) is 3.41. The molecule has 9 nitrogen and oxygen atoms in total. The summed E-state index contributed by atoms with van der Waals surface area (Å²) >= 11 is 1.34. The van der Waals surface area contributed by atoms with Gasteiger partial charge >= 0.3 is 5.97 Å². The first kappa shape index (κ1) is 21.3. The Balaban J connectivity index is 2.13. The molecule has 0 atom stereocenters. The van der Waals surface area contributed by atoms with Gasteiger partial charge in [0, 0.05) is 25.0 Å². The van der Waals surface area contributed by atoms with Crippen LogP contribution in [0.15, 0.2) is 23.6 Å². The molecule has 10 heteroatoms. The van der Waals surface area contributed by atoms with Gasteiger partial charge in [0.05, 0.1) is 24.4 Å². The number of carboxylic acid groups (broad SMARTS) is 1. The number of anilines is 1. The molecule has 0 radical (unpaired) electrons. The van der Waals surface area contributed by atoms with Gasteiger partial charge in [0.2, 0.25) is 11.8 Å². The monoisotopic (exact) mass is 407 g/mol. The van der Waals surface area contributed by atoms with Crippen LogP contribution in [0.1, 0.15) is 12.6 Å². The number of carbonyl (C=O) groups is 3. The van der Waals surface area contributed by atoms with Crippen LogP contribution < -0.4 is 15.4 Å². The van der Waals surface area contributed by atoms with Gasteiger partial charge in [-0.15, -0.1) is 11.3 Å². The Hall–Kier alpha value is -2.98. The van der Waals surface area contributed by atoms with E-state index in [0.717, 1.165) is 5.56 Å². The quantitative estimate of drug-likeness (QED) is 0.510. The van der Waals surface area contributed by atoms with Gasteiger partial charge in [0.25, 0.3) is 0 Å². The molecule has 0 saturated carbocycles. The van der Waals surface area contributed by atoms with Crippen molar-refractivity contribution < 1.29 is 29.0 Å². The fourth-order valence-electron chi connectivity index (χ4n) is 2.23. The third-order valence-corrected chi connectivity index (χ3v) is 4.35. The van der Waals surface area contributed by atoms with Crippen LogP contribution in [0.5, 0.6) is 5.75 Å². The number of nitrogens with zero attached hydrogens (tertiary/aromatic N) is 1. The van der Waals surface area contributed by atoms with E-state index < -0.39 is 18.4 Å². The highest BCUT2D eigenvalue weighted by Crippen LogP contribution is 2.32. The first-order chi connectivity index (χ1) is 13.4. The molecule has 2 aromatic rings. The number of aliphatic carboxylic acids is 1. The topological polar surface area (TPSA) is 127 Å². The van der Waals surface area contributed by atoms with Crippen LogP contribution in [0.4, 0.5) is 5.69 Å². The van der Waals surface area contributed by atoms with Gasteiger partial charge in [-0.1, -0.05) is 0 Å². The number of hydrogen-bond acceptors (Lipinski definition) is 7. The summed E-state index contributed by atoms with van der Waals surface area (Å²) in [6, 6.07) is 5.29. The number of amides is 2. The number of rotatable bonds is 10. The Morgan fingerprint density at radius 3 is 2.71 bits per heavy atom. The molecule has 2 rings (SSSR count). The van der Waals surface area contributed by atoms with Crippen molar-refractivity contribution >= 4 is 34.8 Å². The highest BCUT2D eigenvalue weighted by Gasteiger charge is 2.13. The summed E-state index contributed by atoms with van der Waals surface area (Å²) in [5.41, 5.74) is 1.80. The van der Waals surface area contributed by atoms with E-state index in [2.05, 4.69) is 15.6 Å². The zero-order valence-corrected chi connectivity index (χ0v) is 16.3. The lowest BCUT2D eigenvalue weighted by Crippen LogP contribution is -2.30. The van der Waals surface area contributed by atoms with Gasteiger partial charge in [-0.25, -0.2) is 4.98 Å². The molecule has 28 heavy (non-hydrogen) atoms. The normalized spacial score (nSPS) is 10.4. The number of methoxy groups -OCH3 is 1. The SMILES string of the molecule is COCCOc1ccc(-c2nc(CC(=O)NCC(=O)O)cs2)cc1NC(C)=O. The fourth-order valence-corrected chi connectivity index (χ4v) is 3.05. The summed E-state index contributed by atoms with van der Waals surface area (Å²) in [6.07, 6.45) is -0.0133. The Labute approximate surface area is 165 Å². The van der Waals surface area contributed by atoms with Crippen molar-refractivity contribution in [2.24, 2.45) is 0 Å². The van der Waals surface area contributed by atoms with Crippen molar-refractivity contribution in [3.63, 3.8) is 0 Å². The van der Waals surface area contributed by atoms with E-state index >= 15 is 0 Å². The predicted molar refractivity (Wildman–Crippen MR) is 104 cm³/mol. The predicted octanol–water partition coefficient (Wildman–Crippen LogP) is 1.54. The van der Waals surface area contributed by atoms with E-state index in [1.807, 2.05) is 0 Å². The zero-order valence-electron chi connectivity index (χ0n) is 15.5. The van der Waals surface area contributed by atoms with E-state index in [4.69, 9.17) is 14.6 Å². The molecule has 0 fully saturated rings. The van der Waals surface area contributed by atoms with Crippen LogP contribution in [-0.2, 0) is 25.5 Å². The van der Waals surface area contributed by atoms with E-state index in [1.165, 1.54) is 18.3 Å². The van der Waals surface area contributed by atoms with Gasteiger partial charge in [-0.3, -0.25) is 14.4 Å². The summed E-state index contributed by atoms with van der Waals surface area (Å²) in [7, 11) is 1.57. The van der Waals surface area contributed by atoms with E-state index in [9.17, 15) is 14.4 Å². The number of hydrogen-bond donors (Lipinski definition) is 3. The second-order valence-electron chi connectivity index (χ2n) is 5.72. The molecule has 1 aromatic heterocycles. The molecule has 0 bridgehead atoms. The Morgan fingerprint density at radius 1 is 1.25 bits per heavy atom. The smallest absolute Gasteiger partial charge is 0.322 e. The molecule has 1 aromatic carbocycles. The average molecular weight is 407 g/mol. The largest absolute Gasteiger partial charge is 0.489 e. The number of carbonyl (C=O) groups excluding carboxylic acids is 2. The Bertz CT molecular complexity index is 852. The molecule has 0 aliphatic carbocycles. The lowest BCUT2D eigenvalue weighted by atomic mass is 10.2. The van der Waals surface area contributed by atoms with E-state index in [-0.39, 0.29) is 12.3 Å². The van der Waals surface area contributed by atoms with Crippen molar-refractivity contribution in [2.45, 2.75) is 13.3 Å². The van der Waals surface area contributed by atoms with Gasteiger partial charge in [0.1, 0.15) is 23.9 Å². The maximum Gasteiger partial charge on any atom is 0.322 e. The second-order valence-corrected chi connectivity index (χ2v) is 6.58. The maximum absolute atomic E-state index is 11.7. The lowest BCUT2D eigenvalue weighted by Gasteiger charge is -2.12. The fraction of sp³-hybridized carbons (Fsp3) is 0.333. The Morgan fingerprint density at radius 2 is 2.04 bits per heavy atom.